The van der Waals surface area contributed by atoms with Crippen molar-refractivity contribution in [3.63, 3.8) is 0 Å². The molecule has 2 heterocycles. The average Bonchev–Trinajstić information content (AvgIpc) is 3.32. The molecule has 0 spiro atoms. The van der Waals surface area contributed by atoms with Gasteiger partial charge in [0.1, 0.15) is 11.5 Å². The predicted molar refractivity (Wildman–Crippen MR) is 175 cm³/mol. The number of aromatic nitrogens is 2. The summed E-state index contributed by atoms with van der Waals surface area (Å²) in [6, 6.07) is 13.1. The molecule has 13 heteroatoms. The molecule has 3 aromatic rings. The Hall–Kier alpha value is -2.54. The van der Waals surface area contributed by atoms with Gasteiger partial charge in [-0.1, -0.05) is 67.5 Å². The molecule has 0 saturated carbocycles. The molecule has 0 bridgehead atoms. The number of methoxy groups -OCH3 is 1. The first-order valence-corrected chi connectivity index (χ1v) is 17.2. The summed E-state index contributed by atoms with van der Waals surface area (Å²) in [5.41, 5.74) is 1.28. The largest absolute Gasteiger partial charge is 0.468 e. The second-order valence-electron chi connectivity index (χ2n) is 10.1. The fraction of sp³-hybridized carbons (Fsp3) is 0.467. The molecule has 2 aromatic carbocycles. The number of esters is 1. The molecule has 1 aromatic heterocycles. The number of fused-ring (bicyclic) bond motifs is 1. The van der Waals surface area contributed by atoms with Crippen LogP contribution in [0.4, 0.5) is 14.9 Å². The van der Waals surface area contributed by atoms with Gasteiger partial charge in [-0.25, -0.2) is 14.1 Å². The van der Waals surface area contributed by atoms with E-state index >= 15 is 0 Å². The van der Waals surface area contributed by atoms with Crippen molar-refractivity contribution in [1.82, 2.24) is 14.3 Å². The van der Waals surface area contributed by atoms with Crippen LogP contribution in [0.3, 0.4) is 0 Å². The lowest BCUT2D eigenvalue weighted by Gasteiger charge is -2.30. The van der Waals surface area contributed by atoms with Gasteiger partial charge in [-0.15, -0.1) is 11.8 Å². The summed E-state index contributed by atoms with van der Waals surface area (Å²) < 4.78 is 22.3. The number of amides is 1. The van der Waals surface area contributed by atoms with Gasteiger partial charge in [0.05, 0.1) is 17.9 Å². The van der Waals surface area contributed by atoms with Crippen LogP contribution in [-0.4, -0.2) is 50.9 Å². The first kappa shape index (κ1) is 34.9. The van der Waals surface area contributed by atoms with Crippen LogP contribution in [0.1, 0.15) is 46.1 Å². The Balaban J connectivity index is 0.000000250. The number of hydrogen-bond acceptors (Lipinski definition) is 8. The maximum Gasteiger partial charge on any atom is 0.325 e. The second-order valence-corrected chi connectivity index (χ2v) is 13.4. The highest BCUT2D eigenvalue weighted by molar-refractivity contribution is 8.12. The molecule has 1 atom stereocenters. The number of carbonyl (C=O) groups is 2. The number of rotatable bonds is 9. The topological polar surface area (TPSA) is 85.9 Å². The molecule has 0 aliphatic carbocycles. The monoisotopic (exact) mass is 668 g/mol. The van der Waals surface area contributed by atoms with E-state index in [1.54, 1.807) is 9.36 Å². The number of hydrogen-bond donors (Lipinski definition) is 0. The number of carbonyl (C=O) groups excluding carboxylic acids is 2. The molecule has 8 nitrogen and oxygen atoms in total. The van der Waals surface area contributed by atoms with Gasteiger partial charge in [0.15, 0.2) is 0 Å². The van der Waals surface area contributed by atoms with Crippen LogP contribution >= 0.6 is 46.5 Å². The highest BCUT2D eigenvalue weighted by atomic mass is 35.5. The Kier molecular flexibility index (Phi) is 13.9. The van der Waals surface area contributed by atoms with Gasteiger partial charge in [-0.05, 0) is 61.6 Å². The summed E-state index contributed by atoms with van der Waals surface area (Å²) in [6.07, 6.45) is 1.90. The van der Waals surface area contributed by atoms with Gasteiger partial charge in [0.25, 0.3) is 5.24 Å². The maximum atomic E-state index is 14.3. The Bertz CT molecular complexity index is 1510. The Morgan fingerprint density at radius 1 is 1.14 bits per heavy atom. The van der Waals surface area contributed by atoms with Crippen molar-refractivity contribution in [3.8, 4) is 0 Å². The number of benzene rings is 2. The predicted octanol–water partition coefficient (Wildman–Crippen LogP) is 7.20. The van der Waals surface area contributed by atoms with Crippen LogP contribution in [0.15, 0.2) is 57.1 Å². The van der Waals surface area contributed by atoms with E-state index in [1.807, 2.05) is 30.0 Å². The molecule has 43 heavy (non-hydrogen) atoms. The van der Waals surface area contributed by atoms with Gasteiger partial charge >= 0.3 is 10.8 Å². The normalized spacial score (nSPS) is 13.6. The minimum Gasteiger partial charge on any atom is -0.468 e. The third kappa shape index (κ3) is 9.99. The van der Waals surface area contributed by atoms with Crippen molar-refractivity contribution in [2.24, 2.45) is 10.9 Å². The smallest absolute Gasteiger partial charge is 0.325 e. The van der Waals surface area contributed by atoms with Crippen molar-refractivity contribution in [2.45, 2.75) is 70.3 Å². The molecule has 0 saturated heterocycles. The fourth-order valence-corrected chi connectivity index (χ4v) is 7.11. The van der Waals surface area contributed by atoms with Gasteiger partial charge < -0.3 is 9.64 Å². The zero-order valence-electron chi connectivity index (χ0n) is 25.0. The third-order valence-electron chi connectivity index (χ3n) is 6.92. The van der Waals surface area contributed by atoms with Crippen molar-refractivity contribution < 1.29 is 18.7 Å². The van der Waals surface area contributed by atoms with E-state index in [4.69, 9.17) is 11.6 Å². The first-order valence-electron chi connectivity index (χ1n) is 14.1. The zero-order chi connectivity index (χ0) is 31.5. The maximum absolute atomic E-state index is 14.3. The van der Waals surface area contributed by atoms with Crippen molar-refractivity contribution in [2.75, 3.05) is 19.4 Å². The molecule has 0 fully saturated rings. The van der Waals surface area contributed by atoms with Crippen LogP contribution in [0.5, 0.6) is 0 Å². The number of ether oxygens (including phenoxy) is 1. The van der Waals surface area contributed by atoms with E-state index < -0.39 is 11.8 Å². The lowest BCUT2D eigenvalue weighted by Crippen LogP contribution is -2.39. The van der Waals surface area contributed by atoms with Crippen molar-refractivity contribution in [1.29, 1.82) is 0 Å². The van der Waals surface area contributed by atoms with Crippen molar-refractivity contribution in [3.05, 3.63) is 73.3 Å². The van der Waals surface area contributed by atoms with Crippen LogP contribution in [-0.2, 0) is 28.4 Å². The van der Waals surface area contributed by atoms with Crippen LogP contribution in [0.25, 0.3) is 0 Å². The first-order chi connectivity index (χ1) is 20.5. The lowest BCUT2D eigenvalue weighted by atomic mass is 10.1. The highest BCUT2D eigenvalue weighted by Crippen LogP contribution is 2.33. The Morgan fingerprint density at radius 3 is 2.44 bits per heavy atom. The molecule has 1 aliphatic heterocycles. The summed E-state index contributed by atoms with van der Waals surface area (Å²) in [5.74, 6) is 0.320. The molecular weight excluding hydrogens is 631 g/mol. The summed E-state index contributed by atoms with van der Waals surface area (Å²) in [6.45, 7) is 10.6. The molecule has 1 amide bonds. The second kappa shape index (κ2) is 17.1. The van der Waals surface area contributed by atoms with Gasteiger partial charge in [0.2, 0.25) is 4.80 Å². The molecule has 0 N–H and O–H groups in total. The van der Waals surface area contributed by atoms with E-state index in [1.165, 1.54) is 30.5 Å². The summed E-state index contributed by atoms with van der Waals surface area (Å²) in [7, 11) is 1.30. The average molecular weight is 669 g/mol. The number of thioether (sulfide) groups is 2. The molecule has 4 rings (SSSR count). The standard InChI is InChI=1S/C15H15ClFN3O3S2.C15H23NOS/c1-23-13(21)8-24-12-7-11(10(17)6-9(12)16)18-14-19-4-2-3-5-20(19)15(22)25-14;1-5-16(13(4)12(2)3)15(17)18-11-14-9-7-6-8-10-14/h6-7H,2-5,8H2,1H3;6-10,12-13H,5,11H2,1-4H3/b18-14-;. The number of nitrogens with zero attached hydrogens (tertiary/aromatic N) is 4. The highest BCUT2D eigenvalue weighted by Gasteiger charge is 2.21. The molecule has 0 radical (unpaired) electrons. The van der Waals surface area contributed by atoms with Crippen LogP contribution < -0.4 is 9.67 Å². The van der Waals surface area contributed by atoms with E-state index in [0.717, 1.165) is 54.3 Å². The minimum absolute atomic E-state index is 0.0605. The SMILES string of the molecule is CCN(C(=O)SCc1ccccc1)C(C)C(C)C.COC(=O)CSc1cc(/N=c2\sc(=O)n3n2CCCC3)c(F)cc1Cl. The van der Waals surface area contributed by atoms with Gasteiger partial charge in [0, 0.05) is 36.3 Å². The van der Waals surface area contributed by atoms with Crippen molar-refractivity contribution >= 4 is 63.4 Å². The quantitative estimate of drug-likeness (QED) is 0.177. The summed E-state index contributed by atoms with van der Waals surface area (Å²) >= 11 is 9.57. The minimum atomic E-state index is -0.580. The van der Waals surface area contributed by atoms with E-state index in [-0.39, 0.29) is 26.6 Å². The zero-order valence-corrected chi connectivity index (χ0v) is 28.3. The molecule has 1 aliphatic rings. The fourth-order valence-electron chi connectivity index (χ4n) is 4.18. The van der Waals surface area contributed by atoms with E-state index in [9.17, 15) is 18.8 Å². The van der Waals surface area contributed by atoms with E-state index in [2.05, 4.69) is 42.6 Å². The van der Waals surface area contributed by atoms with Crippen LogP contribution in [0, 0.1) is 11.7 Å². The molecular formula is C30H38ClFN4O4S3. The Morgan fingerprint density at radius 2 is 1.81 bits per heavy atom. The Labute approximate surface area is 269 Å². The molecule has 234 valence electrons. The van der Waals surface area contributed by atoms with Gasteiger partial charge in [-0.3, -0.25) is 19.1 Å². The molecule has 1 unspecified atom stereocenters. The summed E-state index contributed by atoms with van der Waals surface area (Å²) in [5, 5.41) is 0.382. The lowest BCUT2D eigenvalue weighted by molar-refractivity contribution is -0.137. The summed E-state index contributed by atoms with van der Waals surface area (Å²) in [4.78, 5) is 42.6. The van der Waals surface area contributed by atoms with Gasteiger partial charge in [-0.2, -0.15) is 0 Å². The third-order valence-corrected chi connectivity index (χ3v) is 10.2. The number of halogens is 2. The van der Waals surface area contributed by atoms with E-state index in [0.29, 0.717) is 34.7 Å². The van der Waals surface area contributed by atoms with Crippen LogP contribution in [0.2, 0.25) is 5.02 Å².